The average molecular weight is 314 g/mol. The number of carbonyl (C=O) groups excluding carboxylic acids is 1. The van der Waals surface area contributed by atoms with Crippen molar-refractivity contribution in [3.05, 3.63) is 39.6 Å². The summed E-state index contributed by atoms with van der Waals surface area (Å²) in [4.78, 5) is 11.0. The highest BCUT2D eigenvalue weighted by Crippen LogP contribution is 2.28. The second-order valence-corrected chi connectivity index (χ2v) is 5.28. The van der Waals surface area contributed by atoms with Crippen molar-refractivity contribution in [2.24, 2.45) is 0 Å². The number of aldehydes is 1. The molecule has 1 aromatic heterocycles. The quantitative estimate of drug-likeness (QED) is 0.792. The van der Waals surface area contributed by atoms with Gasteiger partial charge in [-0.05, 0) is 32.0 Å². The van der Waals surface area contributed by atoms with Gasteiger partial charge in [-0.15, -0.1) is 5.10 Å². The normalized spacial score (nSPS) is 10.8. The van der Waals surface area contributed by atoms with Crippen LogP contribution in [0.1, 0.15) is 36.1 Å². The third kappa shape index (κ3) is 3.11. The van der Waals surface area contributed by atoms with E-state index in [1.807, 2.05) is 13.8 Å². The van der Waals surface area contributed by atoms with Crippen LogP contribution in [-0.4, -0.2) is 21.3 Å². The number of hydrogen-bond donors (Lipinski definition) is 0. The summed E-state index contributed by atoms with van der Waals surface area (Å²) < 4.78 is 7.27. The topological polar surface area (TPSA) is 57.0 Å². The number of nitrogens with zero attached hydrogens (tertiary/aromatic N) is 3. The molecular weight excluding hydrogens is 301 g/mol. The van der Waals surface area contributed by atoms with Crippen LogP contribution < -0.4 is 4.74 Å². The van der Waals surface area contributed by atoms with E-state index in [-0.39, 0.29) is 18.3 Å². The van der Waals surface area contributed by atoms with Crippen LogP contribution >= 0.6 is 23.2 Å². The minimum atomic E-state index is 0.0792. The summed E-state index contributed by atoms with van der Waals surface area (Å²) >= 11 is 11.8. The molecule has 0 aliphatic carbocycles. The molecule has 0 N–H and O–H groups in total. The highest BCUT2D eigenvalue weighted by Gasteiger charge is 2.15. The van der Waals surface area contributed by atoms with Gasteiger partial charge in [0.05, 0.1) is 5.02 Å². The van der Waals surface area contributed by atoms with E-state index in [1.165, 1.54) is 0 Å². The summed E-state index contributed by atoms with van der Waals surface area (Å²) in [6, 6.07) is 5.03. The van der Waals surface area contributed by atoms with Crippen molar-refractivity contribution in [1.82, 2.24) is 15.0 Å². The summed E-state index contributed by atoms with van der Waals surface area (Å²) in [5, 5.41) is 8.70. The molecule has 20 heavy (non-hydrogen) atoms. The molecule has 0 saturated carbocycles. The van der Waals surface area contributed by atoms with Crippen molar-refractivity contribution < 1.29 is 9.53 Å². The fourth-order valence-electron chi connectivity index (χ4n) is 1.71. The maximum absolute atomic E-state index is 11.0. The van der Waals surface area contributed by atoms with Gasteiger partial charge >= 0.3 is 0 Å². The zero-order valence-corrected chi connectivity index (χ0v) is 12.5. The van der Waals surface area contributed by atoms with Gasteiger partial charge in [0.1, 0.15) is 18.1 Å². The standard InChI is InChI=1S/C13H13Cl2N3O2/c1-8(2)18-12(11(6-19)16-17-18)7-20-13-4-3-9(14)5-10(13)15/h3-6,8H,7H2,1-2H3. The average Bonchev–Trinajstić information content (AvgIpc) is 2.80. The SMILES string of the molecule is CC(C)n1nnc(C=O)c1COc1ccc(Cl)cc1Cl. The Labute approximate surface area is 126 Å². The zero-order chi connectivity index (χ0) is 14.7. The number of aromatic nitrogens is 3. The highest BCUT2D eigenvalue weighted by atomic mass is 35.5. The molecule has 0 amide bonds. The molecule has 7 heteroatoms. The van der Waals surface area contributed by atoms with Gasteiger partial charge in [0, 0.05) is 11.1 Å². The number of rotatable bonds is 5. The van der Waals surface area contributed by atoms with Crippen LogP contribution in [0.15, 0.2) is 18.2 Å². The molecule has 2 aromatic rings. The van der Waals surface area contributed by atoms with Crippen molar-refractivity contribution in [3.63, 3.8) is 0 Å². The Morgan fingerprint density at radius 1 is 1.40 bits per heavy atom. The van der Waals surface area contributed by atoms with E-state index in [4.69, 9.17) is 27.9 Å². The maximum atomic E-state index is 11.0. The molecule has 0 radical (unpaired) electrons. The maximum Gasteiger partial charge on any atom is 0.172 e. The monoisotopic (exact) mass is 313 g/mol. The Bertz CT molecular complexity index is 626. The van der Waals surface area contributed by atoms with Crippen LogP contribution in [0, 0.1) is 0 Å². The van der Waals surface area contributed by atoms with Gasteiger partial charge in [-0.2, -0.15) is 0 Å². The molecule has 0 atom stereocenters. The van der Waals surface area contributed by atoms with E-state index in [1.54, 1.807) is 22.9 Å². The summed E-state index contributed by atoms with van der Waals surface area (Å²) in [5.41, 5.74) is 0.879. The fourth-order valence-corrected chi connectivity index (χ4v) is 2.17. The Morgan fingerprint density at radius 2 is 2.15 bits per heavy atom. The summed E-state index contributed by atoms with van der Waals surface area (Å²) in [7, 11) is 0. The Kier molecular flexibility index (Phi) is 4.62. The predicted molar refractivity (Wildman–Crippen MR) is 76.6 cm³/mol. The minimum absolute atomic E-state index is 0.0792. The summed E-state index contributed by atoms with van der Waals surface area (Å²) in [6.07, 6.45) is 0.661. The van der Waals surface area contributed by atoms with Crippen molar-refractivity contribution >= 4 is 29.5 Å². The van der Waals surface area contributed by atoms with Crippen LogP contribution in [0.4, 0.5) is 0 Å². The molecule has 0 aliphatic rings. The van der Waals surface area contributed by atoms with E-state index in [0.29, 0.717) is 27.8 Å². The second kappa shape index (κ2) is 6.24. The van der Waals surface area contributed by atoms with Gasteiger partial charge in [-0.1, -0.05) is 28.4 Å². The molecule has 0 spiro atoms. The van der Waals surface area contributed by atoms with Gasteiger partial charge in [0.15, 0.2) is 12.0 Å². The first-order valence-electron chi connectivity index (χ1n) is 6.00. The first-order chi connectivity index (χ1) is 9.52. The molecule has 0 unspecified atom stereocenters. The zero-order valence-electron chi connectivity index (χ0n) is 11.0. The number of halogens is 2. The highest BCUT2D eigenvalue weighted by molar-refractivity contribution is 6.35. The van der Waals surface area contributed by atoms with Gasteiger partial charge in [-0.3, -0.25) is 4.79 Å². The molecule has 1 aromatic carbocycles. The Hall–Kier alpha value is -1.59. The van der Waals surface area contributed by atoms with Crippen LogP contribution in [0.2, 0.25) is 10.0 Å². The van der Waals surface area contributed by atoms with Gasteiger partial charge < -0.3 is 4.74 Å². The molecule has 2 rings (SSSR count). The first kappa shape index (κ1) is 14.8. The Morgan fingerprint density at radius 3 is 2.75 bits per heavy atom. The largest absolute Gasteiger partial charge is 0.486 e. The number of carbonyl (C=O) groups is 1. The van der Waals surface area contributed by atoms with Crippen LogP contribution in [0.3, 0.4) is 0 Å². The van der Waals surface area contributed by atoms with Gasteiger partial charge in [-0.25, -0.2) is 4.68 Å². The van der Waals surface area contributed by atoms with E-state index in [9.17, 15) is 4.79 Å². The lowest BCUT2D eigenvalue weighted by molar-refractivity contribution is 0.111. The number of benzene rings is 1. The lowest BCUT2D eigenvalue weighted by Gasteiger charge is -2.12. The second-order valence-electron chi connectivity index (χ2n) is 4.44. The summed E-state index contributed by atoms with van der Waals surface area (Å²) in [5.74, 6) is 0.490. The number of ether oxygens (including phenoxy) is 1. The first-order valence-corrected chi connectivity index (χ1v) is 6.75. The van der Waals surface area contributed by atoms with E-state index in [0.717, 1.165) is 0 Å². The van der Waals surface area contributed by atoms with E-state index < -0.39 is 0 Å². The molecule has 0 saturated heterocycles. The third-order valence-electron chi connectivity index (χ3n) is 2.68. The van der Waals surface area contributed by atoms with E-state index >= 15 is 0 Å². The van der Waals surface area contributed by atoms with Crippen molar-refractivity contribution in [1.29, 1.82) is 0 Å². The molecule has 5 nitrogen and oxygen atoms in total. The lowest BCUT2D eigenvalue weighted by atomic mass is 10.3. The molecule has 106 valence electrons. The van der Waals surface area contributed by atoms with Crippen LogP contribution in [0.25, 0.3) is 0 Å². The van der Waals surface area contributed by atoms with Crippen LogP contribution in [0.5, 0.6) is 5.75 Å². The summed E-state index contributed by atoms with van der Waals surface area (Å²) in [6.45, 7) is 4.05. The fraction of sp³-hybridized carbons (Fsp3) is 0.308. The van der Waals surface area contributed by atoms with Gasteiger partial charge in [0.25, 0.3) is 0 Å². The van der Waals surface area contributed by atoms with Crippen molar-refractivity contribution in [3.8, 4) is 5.75 Å². The van der Waals surface area contributed by atoms with E-state index in [2.05, 4.69) is 10.3 Å². The number of hydrogen-bond acceptors (Lipinski definition) is 4. The van der Waals surface area contributed by atoms with Gasteiger partial charge in [0.2, 0.25) is 0 Å². The molecule has 0 fully saturated rings. The molecular formula is C13H13Cl2N3O2. The Balaban J connectivity index is 2.22. The smallest absolute Gasteiger partial charge is 0.172 e. The molecule has 0 aliphatic heterocycles. The predicted octanol–water partition coefficient (Wildman–Crippen LogP) is 3.56. The third-order valence-corrected chi connectivity index (χ3v) is 3.21. The molecule has 0 bridgehead atoms. The van der Waals surface area contributed by atoms with Crippen molar-refractivity contribution in [2.45, 2.75) is 26.5 Å². The van der Waals surface area contributed by atoms with Crippen molar-refractivity contribution in [2.75, 3.05) is 0 Å². The van der Waals surface area contributed by atoms with Crippen LogP contribution in [-0.2, 0) is 6.61 Å². The minimum Gasteiger partial charge on any atom is -0.486 e. The lowest BCUT2D eigenvalue weighted by Crippen LogP contribution is -2.11. The molecule has 1 heterocycles.